The van der Waals surface area contributed by atoms with Crippen molar-refractivity contribution < 1.29 is 14.7 Å². The number of nitrogens with zero attached hydrogens (tertiary/aromatic N) is 2. The molecule has 0 aliphatic heterocycles. The summed E-state index contributed by atoms with van der Waals surface area (Å²) in [6, 6.07) is -0.107. The molecule has 1 fully saturated rings. The number of carboxylic acids is 1. The summed E-state index contributed by atoms with van der Waals surface area (Å²) in [5.41, 5.74) is 0.931. The maximum absolute atomic E-state index is 12.1. The lowest BCUT2D eigenvalue weighted by Crippen LogP contribution is -2.33. The van der Waals surface area contributed by atoms with Crippen LogP contribution in [0.15, 0.2) is 0 Å². The Labute approximate surface area is 115 Å². The number of aryl methyl sites for hydroxylation is 2. The molecule has 0 spiro atoms. The van der Waals surface area contributed by atoms with E-state index in [9.17, 15) is 9.59 Å². The molecule has 0 saturated heterocycles. The van der Waals surface area contributed by atoms with Gasteiger partial charge in [-0.05, 0) is 26.2 Å². The van der Waals surface area contributed by atoms with Crippen LogP contribution < -0.4 is 5.32 Å². The first-order valence-corrected chi connectivity index (χ1v) is 6.50. The molecule has 19 heavy (non-hydrogen) atoms. The van der Waals surface area contributed by atoms with Crippen LogP contribution in [-0.4, -0.2) is 32.8 Å². The minimum atomic E-state index is -0.799. The lowest BCUT2D eigenvalue weighted by molar-refractivity contribution is -0.141. The number of carboxylic acid groups (broad SMARTS) is 1. The third-order valence-electron chi connectivity index (χ3n) is 3.50. The predicted octanol–water partition coefficient (Wildman–Crippen LogP) is 1.37. The fourth-order valence-electron chi connectivity index (χ4n) is 2.48. The molecule has 1 saturated carbocycles. The first-order chi connectivity index (χ1) is 8.90. The van der Waals surface area contributed by atoms with Gasteiger partial charge in [-0.2, -0.15) is 5.10 Å². The van der Waals surface area contributed by atoms with Crippen LogP contribution in [0.4, 0.5) is 0 Å². The van der Waals surface area contributed by atoms with Crippen LogP contribution in [0, 0.1) is 12.8 Å². The number of rotatable bonds is 3. The molecule has 0 aromatic carbocycles. The number of carbonyl (C=O) groups excluding carboxylic acids is 1. The predicted molar refractivity (Wildman–Crippen MR) is 69.2 cm³/mol. The van der Waals surface area contributed by atoms with Crippen LogP contribution in [-0.2, 0) is 11.8 Å². The summed E-state index contributed by atoms with van der Waals surface area (Å²) >= 11 is 6.02. The van der Waals surface area contributed by atoms with Gasteiger partial charge in [0.25, 0.3) is 5.91 Å². The Morgan fingerprint density at radius 3 is 2.63 bits per heavy atom. The quantitative estimate of drug-likeness (QED) is 0.878. The van der Waals surface area contributed by atoms with Gasteiger partial charge in [0.1, 0.15) is 5.15 Å². The monoisotopic (exact) mass is 285 g/mol. The van der Waals surface area contributed by atoms with Crippen LogP contribution in [0.25, 0.3) is 0 Å². The number of amides is 1. The van der Waals surface area contributed by atoms with Crippen LogP contribution in [0.1, 0.15) is 35.3 Å². The number of carbonyl (C=O) groups is 2. The number of hydrogen-bond donors (Lipinski definition) is 2. The highest BCUT2D eigenvalue weighted by Crippen LogP contribution is 2.26. The van der Waals surface area contributed by atoms with E-state index < -0.39 is 5.97 Å². The fourth-order valence-corrected chi connectivity index (χ4v) is 2.74. The van der Waals surface area contributed by atoms with Crippen molar-refractivity contribution in [2.45, 2.75) is 32.2 Å². The van der Waals surface area contributed by atoms with Crippen LogP contribution in [0.5, 0.6) is 0 Å². The van der Waals surface area contributed by atoms with E-state index in [0.29, 0.717) is 35.7 Å². The largest absolute Gasteiger partial charge is 0.481 e. The van der Waals surface area contributed by atoms with Crippen molar-refractivity contribution in [1.82, 2.24) is 15.1 Å². The molecule has 1 aromatic rings. The van der Waals surface area contributed by atoms with E-state index >= 15 is 0 Å². The summed E-state index contributed by atoms with van der Waals surface area (Å²) in [5.74, 6) is -1.45. The average Bonchev–Trinajstić information content (AvgIpc) is 2.85. The number of nitrogens with one attached hydrogen (secondary N) is 1. The summed E-state index contributed by atoms with van der Waals surface area (Å²) in [6.45, 7) is 1.72. The average molecular weight is 286 g/mol. The third-order valence-corrected chi connectivity index (χ3v) is 3.93. The minimum Gasteiger partial charge on any atom is -0.481 e. The summed E-state index contributed by atoms with van der Waals surface area (Å²) in [4.78, 5) is 23.0. The summed E-state index contributed by atoms with van der Waals surface area (Å²) < 4.78 is 1.44. The van der Waals surface area contributed by atoms with Gasteiger partial charge in [-0.3, -0.25) is 14.3 Å². The number of aliphatic carboxylic acids is 1. The van der Waals surface area contributed by atoms with Gasteiger partial charge in [-0.15, -0.1) is 0 Å². The van der Waals surface area contributed by atoms with Gasteiger partial charge in [-0.25, -0.2) is 0 Å². The number of aromatic nitrogens is 2. The summed E-state index contributed by atoms with van der Waals surface area (Å²) in [6.07, 6.45) is 1.75. The topological polar surface area (TPSA) is 84.2 Å². The van der Waals surface area contributed by atoms with Gasteiger partial charge < -0.3 is 10.4 Å². The number of halogens is 1. The minimum absolute atomic E-state index is 0.107. The van der Waals surface area contributed by atoms with Crippen molar-refractivity contribution in [3.63, 3.8) is 0 Å². The van der Waals surface area contributed by atoms with E-state index in [2.05, 4.69) is 10.4 Å². The normalized spacial score (nSPS) is 22.5. The Hall–Kier alpha value is -1.56. The molecule has 1 aliphatic rings. The first-order valence-electron chi connectivity index (χ1n) is 6.13. The molecule has 6 nitrogen and oxygen atoms in total. The molecule has 0 bridgehead atoms. The Morgan fingerprint density at radius 1 is 1.47 bits per heavy atom. The van der Waals surface area contributed by atoms with E-state index in [-0.39, 0.29) is 17.9 Å². The Morgan fingerprint density at radius 2 is 2.16 bits per heavy atom. The maximum Gasteiger partial charge on any atom is 0.306 e. The van der Waals surface area contributed by atoms with Crippen molar-refractivity contribution >= 4 is 23.5 Å². The molecule has 2 N–H and O–H groups in total. The molecule has 104 valence electrons. The van der Waals surface area contributed by atoms with Crippen molar-refractivity contribution in [3.05, 3.63) is 16.4 Å². The highest BCUT2D eigenvalue weighted by molar-refractivity contribution is 6.33. The van der Waals surface area contributed by atoms with Crippen molar-refractivity contribution in [1.29, 1.82) is 0 Å². The zero-order valence-electron chi connectivity index (χ0n) is 10.8. The van der Waals surface area contributed by atoms with Crippen molar-refractivity contribution in [2.75, 3.05) is 0 Å². The van der Waals surface area contributed by atoms with Crippen LogP contribution in [0.3, 0.4) is 0 Å². The molecule has 1 aromatic heterocycles. The van der Waals surface area contributed by atoms with Gasteiger partial charge in [0.15, 0.2) is 0 Å². The van der Waals surface area contributed by atoms with Gasteiger partial charge in [0, 0.05) is 13.1 Å². The second kappa shape index (κ2) is 5.21. The molecule has 2 atom stereocenters. The molecule has 0 radical (unpaired) electrons. The highest BCUT2D eigenvalue weighted by Gasteiger charge is 2.31. The SMILES string of the molecule is Cc1nn(C)c(Cl)c1C(=O)N[C@H]1CC[C@H](C(=O)O)C1. The van der Waals surface area contributed by atoms with E-state index in [1.807, 2.05) is 0 Å². The molecule has 0 unspecified atom stereocenters. The lowest BCUT2D eigenvalue weighted by Gasteiger charge is -2.12. The van der Waals surface area contributed by atoms with Gasteiger partial charge in [0.05, 0.1) is 17.2 Å². The fraction of sp³-hybridized carbons (Fsp3) is 0.583. The molecule has 1 amide bonds. The highest BCUT2D eigenvalue weighted by atomic mass is 35.5. The van der Waals surface area contributed by atoms with Gasteiger partial charge in [-0.1, -0.05) is 11.6 Å². The van der Waals surface area contributed by atoms with Crippen LogP contribution in [0.2, 0.25) is 5.15 Å². The Bertz CT molecular complexity index is 527. The van der Waals surface area contributed by atoms with E-state index in [1.165, 1.54) is 4.68 Å². The molecule has 1 heterocycles. The van der Waals surface area contributed by atoms with E-state index in [0.717, 1.165) is 0 Å². The molecule has 7 heteroatoms. The second-order valence-corrected chi connectivity index (χ2v) is 5.25. The van der Waals surface area contributed by atoms with Gasteiger partial charge in [0.2, 0.25) is 0 Å². The Balaban J connectivity index is 2.04. The lowest BCUT2D eigenvalue weighted by atomic mass is 10.1. The first kappa shape index (κ1) is 13.9. The maximum atomic E-state index is 12.1. The second-order valence-electron chi connectivity index (χ2n) is 4.89. The van der Waals surface area contributed by atoms with Crippen LogP contribution >= 0.6 is 11.6 Å². The van der Waals surface area contributed by atoms with Crippen molar-refractivity contribution in [2.24, 2.45) is 13.0 Å². The molecule has 2 rings (SSSR count). The molecular formula is C12H16ClN3O3. The third kappa shape index (κ3) is 2.73. The molecular weight excluding hydrogens is 270 g/mol. The summed E-state index contributed by atoms with van der Waals surface area (Å²) in [7, 11) is 1.67. The van der Waals surface area contributed by atoms with E-state index in [1.54, 1.807) is 14.0 Å². The zero-order chi connectivity index (χ0) is 14.2. The number of hydrogen-bond acceptors (Lipinski definition) is 3. The smallest absolute Gasteiger partial charge is 0.306 e. The zero-order valence-corrected chi connectivity index (χ0v) is 11.6. The molecule has 1 aliphatic carbocycles. The van der Waals surface area contributed by atoms with Gasteiger partial charge >= 0.3 is 5.97 Å². The Kier molecular flexibility index (Phi) is 3.80. The van der Waals surface area contributed by atoms with E-state index in [4.69, 9.17) is 16.7 Å². The van der Waals surface area contributed by atoms with Crippen molar-refractivity contribution in [3.8, 4) is 0 Å². The summed E-state index contributed by atoms with van der Waals surface area (Å²) in [5, 5.41) is 16.1. The standard InChI is InChI=1S/C12H16ClN3O3/c1-6-9(10(13)16(2)15-6)11(17)14-8-4-3-7(5-8)12(18)19/h7-8H,3-5H2,1-2H3,(H,14,17)(H,18,19)/t7-,8-/m0/s1.